The Hall–Kier alpha value is -1.99. The average molecular weight is 320 g/mol. The van der Waals surface area contributed by atoms with Crippen molar-refractivity contribution in [3.63, 3.8) is 0 Å². The van der Waals surface area contributed by atoms with E-state index < -0.39 is 9.84 Å². The van der Waals surface area contributed by atoms with Gasteiger partial charge < -0.3 is 0 Å². The summed E-state index contributed by atoms with van der Waals surface area (Å²) in [5.41, 5.74) is 2.14. The lowest BCUT2D eigenvalue weighted by Crippen LogP contribution is -2.02. The van der Waals surface area contributed by atoms with Gasteiger partial charge in [0, 0.05) is 23.4 Å². The van der Waals surface area contributed by atoms with Gasteiger partial charge in [-0.1, -0.05) is 11.6 Å². The van der Waals surface area contributed by atoms with Crippen molar-refractivity contribution in [3.8, 4) is 11.3 Å². The van der Waals surface area contributed by atoms with E-state index in [1.165, 1.54) is 11.3 Å². The molecule has 2 aromatic heterocycles. The molecule has 21 heavy (non-hydrogen) atoms. The summed E-state index contributed by atoms with van der Waals surface area (Å²) in [5, 5.41) is 1.83. The first-order valence-corrected chi connectivity index (χ1v) is 8.90. The third-order valence-corrected chi connectivity index (χ3v) is 5.11. The third-order valence-electron chi connectivity index (χ3n) is 3.20. The van der Waals surface area contributed by atoms with E-state index in [9.17, 15) is 13.2 Å². The molecule has 2 heterocycles. The lowest BCUT2D eigenvalue weighted by Gasteiger charge is -2.07. The summed E-state index contributed by atoms with van der Waals surface area (Å²) in [5.74, 6) is 0. The molecule has 0 atom stereocenters. The minimum atomic E-state index is -3.41. The number of aromatic nitrogens is 2. The van der Waals surface area contributed by atoms with Gasteiger partial charge in [-0.25, -0.2) is 13.4 Å². The van der Waals surface area contributed by atoms with Gasteiger partial charge in [0.2, 0.25) is 0 Å². The number of carbonyl (C=O) groups is 1. The van der Waals surface area contributed by atoms with E-state index in [1.807, 2.05) is 12.3 Å². The molecule has 108 valence electrons. The van der Waals surface area contributed by atoms with Crippen LogP contribution in [-0.4, -0.2) is 30.3 Å². The van der Waals surface area contributed by atoms with E-state index in [2.05, 4.69) is 4.98 Å². The SMILES string of the molecule is Cc1ccc(S(C)(=O)=O)c(-c2nc3sccn3c2C=O)c1. The van der Waals surface area contributed by atoms with Gasteiger partial charge in [-0.2, -0.15) is 0 Å². The van der Waals surface area contributed by atoms with E-state index in [4.69, 9.17) is 0 Å². The molecule has 7 heteroatoms. The zero-order valence-corrected chi connectivity index (χ0v) is 13.0. The van der Waals surface area contributed by atoms with E-state index in [0.717, 1.165) is 11.8 Å². The second kappa shape index (κ2) is 4.78. The van der Waals surface area contributed by atoms with Gasteiger partial charge >= 0.3 is 0 Å². The number of thiazole rings is 1. The summed E-state index contributed by atoms with van der Waals surface area (Å²) in [6, 6.07) is 5.04. The van der Waals surface area contributed by atoms with Crippen LogP contribution in [0.25, 0.3) is 16.2 Å². The van der Waals surface area contributed by atoms with E-state index >= 15 is 0 Å². The number of rotatable bonds is 3. The molecule has 0 fully saturated rings. The number of nitrogens with zero attached hydrogens (tertiary/aromatic N) is 2. The molecule has 3 rings (SSSR count). The Bertz CT molecular complexity index is 952. The maximum Gasteiger partial charge on any atom is 0.194 e. The maximum absolute atomic E-state index is 12.0. The highest BCUT2D eigenvalue weighted by Gasteiger charge is 2.21. The Morgan fingerprint density at radius 2 is 2.10 bits per heavy atom. The third kappa shape index (κ3) is 2.28. The quantitative estimate of drug-likeness (QED) is 0.696. The van der Waals surface area contributed by atoms with E-state index in [-0.39, 0.29) is 4.90 Å². The fourth-order valence-electron chi connectivity index (χ4n) is 2.27. The van der Waals surface area contributed by atoms with Crippen LogP contribution >= 0.6 is 11.3 Å². The molecule has 0 saturated heterocycles. The van der Waals surface area contributed by atoms with Gasteiger partial charge in [0.15, 0.2) is 21.1 Å². The molecule has 0 spiro atoms. The predicted octanol–water partition coefficient (Wildman–Crippen LogP) is 2.59. The van der Waals surface area contributed by atoms with Crippen LogP contribution in [0.4, 0.5) is 0 Å². The van der Waals surface area contributed by atoms with Gasteiger partial charge in [0.1, 0.15) is 11.4 Å². The summed E-state index contributed by atoms with van der Waals surface area (Å²) >= 11 is 1.39. The van der Waals surface area contributed by atoms with Crippen molar-refractivity contribution < 1.29 is 13.2 Å². The number of carbonyl (C=O) groups excluding carboxylic acids is 1. The van der Waals surface area contributed by atoms with Crippen LogP contribution in [0, 0.1) is 6.92 Å². The molecule has 0 amide bonds. The lowest BCUT2D eigenvalue weighted by atomic mass is 10.1. The van der Waals surface area contributed by atoms with Crippen molar-refractivity contribution in [2.24, 2.45) is 0 Å². The Kier molecular flexibility index (Phi) is 3.18. The van der Waals surface area contributed by atoms with Crippen molar-refractivity contribution >= 4 is 32.4 Å². The molecule has 0 unspecified atom stereocenters. The second-order valence-electron chi connectivity index (χ2n) is 4.79. The largest absolute Gasteiger partial charge is 0.296 e. The van der Waals surface area contributed by atoms with Gasteiger partial charge in [0.05, 0.1) is 4.90 Å². The number of hydrogen-bond donors (Lipinski definition) is 0. The number of benzene rings is 1. The second-order valence-corrected chi connectivity index (χ2v) is 7.65. The molecule has 0 N–H and O–H groups in total. The fraction of sp³-hybridized carbons (Fsp3) is 0.143. The van der Waals surface area contributed by atoms with Gasteiger partial charge in [-0.05, 0) is 19.1 Å². The fourth-order valence-corrected chi connectivity index (χ4v) is 3.86. The summed E-state index contributed by atoms with van der Waals surface area (Å²) in [6.45, 7) is 1.87. The number of aldehydes is 1. The normalized spacial score (nSPS) is 11.9. The van der Waals surface area contributed by atoms with Crippen LogP contribution in [0.5, 0.6) is 0 Å². The monoisotopic (exact) mass is 320 g/mol. The highest BCUT2D eigenvalue weighted by atomic mass is 32.2. The highest BCUT2D eigenvalue weighted by Crippen LogP contribution is 2.31. The molecule has 0 aliphatic carbocycles. The molecule has 3 aromatic rings. The molecule has 0 aliphatic heterocycles. The molecular weight excluding hydrogens is 308 g/mol. The number of hydrogen-bond acceptors (Lipinski definition) is 5. The molecule has 1 aromatic carbocycles. The van der Waals surface area contributed by atoms with Gasteiger partial charge in [0.25, 0.3) is 0 Å². The molecular formula is C14H12N2O3S2. The zero-order valence-electron chi connectivity index (χ0n) is 11.4. The predicted molar refractivity (Wildman–Crippen MR) is 81.7 cm³/mol. The Morgan fingerprint density at radius 3 is 2.76 bits per heavy atom. The number of imidazole rings is 1. The van der Waals surface area contributed by atoms with Crippen LogP contribution in [0.3, 0.4) is 0 Å². The Morgan fingerprint density at radius 1 is 1.33 bits per heavy atom. The topological polar surface area (TPSA) is 68.5 Å². The van der Waals surface area contributed by atoms with E-state index in [1.54, 1.807) is 28.8 Å². The smallest absolute Gasteiger partial charge is 0.194 e. The van der Waals surface area contributed by atoms with Crippen LogP contribution in [0.1, 0.15) is 16.1 Å². The number of sulfone groups is 1. The average Bonchev–Trinajstić information content (AvgIpc) is 2.96. The highest BCUT2D eigenvalue weighted by molar-refractivity contribution is 7.90. The maximum atomic E-state index is 12.0. The first kappa shape index (κ1) is 14.0. The number of aryl methyl sites for hydroxylation is 1. The summed E-state index contributed by atoms with van der Waals surface area (Å²) < 4.78 is 25.6. The zero-order chi connectivity index (χ0) is 15.2. The minimum Gasteiger partial charge on any atom is -0.296 e. The Labute approximate surface area is 125 Å². The van der Waals surface area contributed by atoms with Crippen molar-refractivity contribution in [1.29, 1.82) is 0 Å². The van der Waals surface area contributed by atoms with Crippen LogP contribution in [0.2, 0.25) is 0 Å². The first-order valence-electron chi connectivity index (χ1n) is 6.13. The van der Waals surface area contributed by atoms with Crippen LogP contribution in [-0.2, 0) is 9.84 Å². The molecule has 5 nitrogen and oxygen atoms in total. The van der Waals surface area contributed by atoms with E-state index in [0.29, 0.717) is 28.2 Å². The molecule has 0 aliphatic rings. The first-order chi connectivity index (χ1) is 9.91. The van der Waals surface area contributed by atoms with Gasteiger partial charge in [-0.3, -0.25) is 9.20 Å². The van der Waals surface area contributed by atoms with Crippen molar-refractivity contribution in [2.45, 2.75) is 11.8 Å². The van der Waals surface area contributed by atoms with Crippen molar-refractivity contribution in [1.82, 2.24) is 9.38 Å². The number of fused-ring (bicyclic) bond motifs is 1. The lowest BCUT2D eigenvalue weighted by molar-refractivity contribution is 0.111. The molecule has 0 saturated carbocycles. The van der Waals surface area contributed by atoms with Gasteiger partial charge in [-0.15, -0.1) is 11.3 Å². The molecule has 0 bridgehead atoms. The standard InChI is InChI=1S/C14H12N2O3S2/c1-9-3-4-12(21(2,18)19)10(7-9)13-11(8-17)16-5-6-20-14(16)15-13/h3-8H,1-2H3. The summed E-state index contributed by atoms with van der Waals surface area (Å²) in [7, 11) is -3.41. The molecule has 0 radical (unpaired) electrons. The summed E-state index contributed by atoms with van der Waals surface area (Å²) in [4.78, 5) is 16.7. The van der Waals surface area contributed by atoms with Crippen LogP contribution in [0.15, 0.2) is 34.7 Å². The van der Waals surface area contributed by atoms with Crippen molar-refractivity contribution in [2.75, 3.05) is 6.26 Å². The summed E-state index contributed by atoms with van der Waals surface area (Å²) in [6.07, 6.45) is 3.60. The Balaban J connectivity index is 2.39. The van der Waals surface area contributed by atoms with Crippen LogP contribution < -0.4 is 0 Å². The van der Waals surface area contributed by atoms with Crippen molar-refractivity contribution in [3.05, 3.63) is 41.0 Å². The minimum absolute atomic E-state index is 0.182.